The average Bonchev–Trinajstić information content (AvgIpc) is 2.05. The summed E-state index contributed by atoms with van der Waals surface area (Å²) in [7, 11) is 0. The van der Waals surface area contributed by atoms with Crippen LogP contribution in [-0.2, 0) is 11.2 Å². The molecule has 0 fully saturated rings. The van der Waals surface area contributed by atoms with Crippen LogP contribution in [-0.4, -0.2) is 16.1 Å². The van der Waals surface area contributed by atoms with E-state index in [1.54, 1.807) is 6.92 Å². The molecule has 0 aliphatic rings. The van der Waals surface area contributed by atoms with Crippen LogP contribution < -0.4 is 0 Å². The van der Waals surface area contributed by atoms with E-state index < -0.39 is 5.97 Å². The number of carboxylic acids is 1. The lowest BCUT2D eigenvalue weighted by Gasteiger charge is -2.05. The number of pyridine rings is 1. The summed E-state index contributed by atoms with van der Waals surface area (Å²) in [6.45, 7) is 1.70. The highest BCUT2D eigenvalue weighted by Gasteiger charge is 2.12. The molecule has 0 saturated carbocycles. The second-order valence-corrected chi connectivity index (χ2v) is 3.34. The fourth-order valence-corrected chi connectivity index (χ4v) is 1.40. The van der Waals surface area contributed by atoms with E-state index in [4.69, 9.17) is 28.3 Å². The Hall–Kier alpha value is -0.800. The van der Waals surface area contributed by atoms with Crippen molar-refractivity contribution < 1.29 is 9.90 Å². The number of hydrogen-bond donors (Lipinski definition) is 1. The molecule has 0 unspecified atom stereocenters. The quantitative estimate of drug-likeness (QED) is 0.831. The van der Waals surface area contributed by atoms with E-state index in [1.807, 2.05) is 0 Å². The van der Waals surface area contributed by atoms with Crippen LogP contribution in [0, 0.1) is 6.92 Å². The maximum Gasteiger partial charge on any atom is 0.307 e. The summed E-state index contributed by atoms with van der Waals surface area (Å²) >= 11 is 11.6. The highest BCUT2D eigenvalue weighted by molar-refractivity contribution is 6.36. The number of aromatic nitrogens is 1. The molecule has 0 aliphatic carbocycles. The van der Waals surface area contributed by atoms with Crippen molar-refractivity contribution in [2.45, 2.75) is 13.3 Å². The van der Waals surface area contributed by atoms with Gasteiger partial charge in [0.05, 0.1) is 22.2 Å². The van der Waals surface area contributed by atoms with E-state index in [-0.39, 0.29) is 11.4 Å². The standard InChI is InChI=1S/C8H7Cl2NO2/c1-4-8(10)5(2-7(12)13)6(9)3-11-4/h3H,2H2,1H3,(H,12,13). The van der Waals surface area contributed by atoms with Crippen LogP contribution in [0.2, 0.25) is 10.0 Å². The van der Waals surface area contributed by atoms with Crippen molar-refractivity contribution >= 4 is 29.2 Å². The monoisotopic (exact) mass is 219 g/mol. The number of aliphatic carboxylic acids is 1. The molecule has 5 heteroatoms. The molecule has 0 bridgehead atoms. The summed E-state index contributed by atoms with van der Waals surface area (Å²) in [4.78, 5) is 14.3. The summed E-state index contributed by atoms with van der Waals surface area (Å²) in [5.41, 5.74) is 1.01. The van der Waals surface area contributed by atoms with Gasteiger partial charge in [0.15, 0.2) is 0 Å². The fourth-order valence-electron chi connectivity index (χ4n) is 0.925. The Morgan fingerprint density at radius 2 is 2.23 bits per heavy atom. The highest BCUT2D eigenvalue weighted by atomic mass is 35.5. The first-order valence-corrected chi connectivity index (χ1v) is 4.29. The minimum atomic E-state index is -0.964. The Balaban J connectivity index is 3.17. The third kappa shape index (κ3) is 2.32. The minimum Gasteiger partial charge on any atom is -0.481 e. The first-order chi connectivity index (χ1) is 6.02. The Kier molecular flexibility index (Phi) is 3.12. The van der Waals surface area contributed by atoms with Gasteiger partial charge in [-0.05, 0) is 6.92 Å². The van der Waals surface area contributed by atoms with Gasteiger partial charge in [-0.15, -0.1) is 0 Å². The number of halogens is 2. The molecule has 1 rings (SSSR count). The Morgan fingerprint density at radius 3 is 2.77 bits per heavy atom. The largest absolute Gasteiger partial charge is 0.481 e. The highest BCUT2D eigenvalue weighted by Crippen LogP contribution is 2.26. The van der Waals surface area contributed by atoms with E-state index in [1.165, 1.54) is 6.20 Å². The first kappa shape index (κ1) is 10.3. The fraction of sp³-hybridized carbons (Fsp3) is 0.250. The molecule has 13 heavy (non-hydrogen) atoms. The van der Waals surface area contributed by atoms with Gasteiger partial charge >= 0.3 is 5.97 Å². The van der Waals surface area contributed by atoms with Crippen LogP contribution in [0.15, 0.2) is 6.20 Å². The van der Waals surface area contributed by atoms with Gasteiger partial charge in [-0.25, -0.2) is 0 Å². The molecule has 0 radical (unpaired) electrons. The molecule has 0 aliphatic heterocycles. The lowest BCUT2D eigenvalue weighted by molar-refractivity contribution is -0.136. The number of rotatable bonds is 2. The molecule has 3 nitrogen and oxygen atoms in total. The van der Waals surface area contributed by atoms with Gasteiger partial charge < -0.3 is 5.11 Å². The van der Waals surface area contributed by atoms with Crippen molar-refractivity contribution in [2.75, 3.05) is 0 Å². The lowest BCUT2D eigenvalue weighted by atomic mass is 10.1. The zero-order valence-electron chi connectivity index (χ0n) is 6.84. The first-order valence-electron chi connectivity index (χ1n) is 3.53. The molecule has 0 spiro atoms. The van der Waals surface area contributed by atoms with Crippen molar-refractivity contribution in [3.8, 4) is 0 Å². The Labute approximate surface area is 85.3 Å². The van der Waals surface area contributed by atoms with Gasteiger partial charge in [0.2, 0.25) is 0 Å². The van der Waals surface area contributed by atoms with Crippen molar-refractivity contribution in [1.29, 1.82) is 0 Å². The Bertz CT molecular complexity index is 352. The normalized spacial score (nSPS) is 10.1. The van der Waals surface area contributed by atoms with Crippen LogP contribution in [0.3, 0.4) is 0 Å². The van der Waals surface area contributed by atoms with E-state index in [2.05, 4.69) is 4.98 Å². The van der Waals surface area contributed by atoms with E-state index in [0.29, 0.717) is 16.3 Å². The molecule has 1 N–H and O–H groups in total. The van der Waals surface area contributed by atoms with Gasteiger partial charge in [-0.3, -0.25) is 9.78 Å². The lowest BCUT2D eigenvalue weighted by Crippen LogP contribution is -2.03. The number of aryl methyl sites for hydroxylation is 1. The SMILES string of the molecule is Cc1ncc(Cl)c(CC(=O)O)c1Cl. The maximum atomic E-state index is 10.4. The van der Waals surface area contributed by atoms with Crippen LogP contribution in [0.1, 0.15) is 11.3 Å². The second-order valence-electron chi connectivity index (χ2n) is 2.55. The van der Waals surface area contributed by atoms with Crippen molar-refractivity contribution in [3.63, 3.8) is 0 Å². The van der Waals surface area contributed by atoms with Gasteiger partial charge in [-0.2, -0.15) is 0 Å². The predicted molar refractivity (Wildman–Crippen MR) is 50.3 cm³/mol. The molecule has 0 atom stereocenters. The van der Waals surface area contributed by atoms with E-state index in [0.717, 1.165) is 0 Å². The number of carbonyl (C=O) groups is 1. The zero-order valence-corrected chi connectivity index (χ0v) is 8.35. The average molecular weight is 220 g/mol. The van der Waals surface area contributed by atoms with Crippen LogP contribution in [0.4, 0.5) is 0 Å². The number of carboxylic acid groups (broad SMARTS) is 1. The topological polar surface area (TPSA) is 50.2 Å². The summed E-state index contributed by atoms with van der Waals surface area (Å²) in [6, 6.07) is 0. The molecular formula is C8H7Cl2NO2. The molecule has 1 aromatic rings. The van der Waals surface area contributed by atoms with Crippen molar-refractivity contribution in [3.05, 3.63) is 27.5 Å². The van der Waals surface area contributed by atoms with Gasteiger partial charge in [0.25, 0.3) is 0 Å². The van der Waals surface area contributed by atoms with Gasteiger partial charge in [0.1, 0.15) is 0 Å². The van der Waals surface area contributed by atoms with E-state index >= 15 is 0 Å². The molecule has 1 heterocycles. The minimum absolute atomic E-state index is 0.180. The maximum absolute atomic E-state index is 10.4. The molecule has 0 saturated heterocycles. The summed E-state index contributed by atoms with van der Waals surface area (Å²) < 4.78 is 0. The third-order valence-electron chi connectivity index (χ3n) is 1.57. The third-order valence-corrected chi connectivity index (χ3v) is 2.40. The molecular weight excluding hydrogens is 213 g/mol. The summed E-state index contributed by atoms with van der Waals surface area (Å²) in [6.07, 6.45) is 1.22. The number of nitrogens with zero attached hydrogens (tertiary/aromatic N) is 1. The predicted octanol–water partition coefficient (Wildman–Crippen LogP) is 2.32. The molecule has 0 amide bonds. The molecule has 0 aromatic carbocycles. The van der Waals surface area contributed by atoms with Crippen molar-refractivity contribution in [2.24, 2.45) is 0 Å². The smallest absolute Gasteiger partial charge is 0.307 e. The Morgan fingerprint density at radius 1 is 1.62 bits per heavy atom. The summed E-state index contributed by atoms with van der Waals surface area (Å²) in [5.74, 6) is -0.964. The van der Waals surface area contributed by atoms with Crippen LogP contribution in [0.25, 0.3) is 0 Å². The van der Waals surface area contributed by atoms with Crippen LogP contribution in [0.5, 0.6) is 0 Å². The van der Waals surface area contributed by atoms with Gasteiger partial charge in [0, 0.05) is 11.8 Å². The molecule has 1 aromatic heterocycles. The zero-order chi connectivity index (χ0) is 10.0. The number of hydrogen-bond acceptors (Lipinski definition) is 2. The van der Waals surface area contributed by atoms with Crippen LogP contribution >= 0.6 is 23.2 Å². The second kappa shape index (κ2) is 3.94. The van der Waals surface area contributed by atoms with Gasteiger partial charge in [-0.1, -0.05) is 23.2 Å². The van der Waals surface area contributed by atoms with Crippen molar-refractivity contribution in [1.82, 2.24) is 4.98 Å². The molecule has 70 valence electrons. The summed E-state index contributed by atoms with van der Waals surface area (Å²) in [5, 5.41) is 9.19. The van der Waals surface area contributed by atoms with E-state index in [9.17, 15) is 4.79 Å².